The minimum Gasteiger partial charge on any atom is -0.306 e. The van der Waals surface area contributed by atoms with Crippen molar-refractivity contribution in [3.63, 3.8) is 0 Å². The molecule has 0 aliphatic rings. The molecule has 0 rings (SSSR count). The zero-order valence-electron chi connectivity index (χ0n) is 5.72. The molecule has 0 aromatic rings. The highest BCUT2D eigenvalue weighted by Crippen LogP contribution is 1.74. The lowest BCUT2D eigenvalue weighted by Crippen LogP contribution is -2.10. The molecule has 0 aromatic heterocycles. The van der Waals surface area contributed by atoms with E-state index >= 15 is 0 Å². The quantitative estimate of drug-likeness (QED) is 0.520. The number of nitrogens with zero attached hydrogens (tertiary/aromatic N) is 1. The molecule has 50 valence electrons. The summed E-state index contributed by atoms with van der Waals surface area (Å²) in [5.74, 6) is 0. The Morgan fingerprint density at radius 1 is 1.38 bits per heavy atom. The summed E-state index contributed by atoms with van der Waals surface area (Å²) in [5, 5.41) is 0. The summed E-state index contributed by atoms with van der Waals surface area (Å²) in [4.78, 5) is 2.12. The highest BCUT2D eigenvalue weighted by molar-refractivity contribution is 5.85. The normalized spacial score (nSPS) is 10.0. The van der Waals surface area contributed by atoms with Gasteiger partial charge in [0.05, 0.1) is 0 Å². The van der Waals surface area contributed by atoms with Gasteiger partial charge in [-0.05, 0) is 21.0 Å². The second kappa shape index (κ2) is 6.99. The van der Waals surface area contributed by atoms with Crippen LogP contribution in [0.2, 0.25) is 0 Å². The van der Waals surface area contributed by atoms with Crippen LogP contribution in [0, 0.1) is 0 Å². The molecule has 0 spiro atoms. The molecule has 0 N–H and O–H groups in total. The Balaban J connectivity index is 0. The smallest absolute Gasteiger partial charge is 0.0157 e. The third-order valence-corrected chi connectivity index (χ3v) is 0.706. The van der Waals surface area contributed by atoms with Crippen LogP contribution >= 0.6 is 12.4 Å². The molecular formula is C6H14ClN. The van der Waals surface area contributed by atoms with Crippen molar-refractivity contribution in [3.8, 4) is 0 Å². The van der Waals surface area contributed by atoms with Gasteiger partial charge in [0.2, 0.25) is 0 Å². The maximum Gasteiger partial charge on any atom is 0.0157 e. The van der Waals surface area contributed by atoms with Gasteiger partial charge < -0.3 is 4.90 Å². The van der Waals surface area contributed by atoms with E-state index in [2.05, 4.69) is 31.1 Å². The zero-order chi connectivity index (χ0) is 5.70. The Morgan fingerprint density at radius 2 is 1.88 bits per heavy atom. The van der Waals surface area contributed by atoms with Crippen LogP contribution in [-0.4, -0.2) is 25.5 Å². The minimum absolute atomic E-state index is 0. The van der Waals surface area contributed by atoms with E-state index in [9.17, 15) is 0 Å². The number of allylic oxidation sites excluding steroid dienone is 1. The van der Waals surface area contributed by atoms with Gasteiger partial charge in [0.25, 0.3) is 0 Å². The van der Waals surface area contributed by atoms with Gasteiger partial charge >= 0.3 is 0 Å². The molecule has 0 saturated carbocycles. The van der Waals surface area contributed by atoms with Crippen molar-refractivity contribution in [2.75, 3.05) is 20.6 Å². The van der Waals surface area contributed by atoms with Crippen molar-refractivity contribution >= 4 is 12.4 Å². The van der Waals surface area contributed by atoms with Crippen LogP contribution in [0.15, 0.2) is 12.2 Å². The molecule has 0 aromatic carbocycles. The van der Waals surface area contributed by atoms with E-state index in [4.69, 9.17) is 0 Å². The maximum atomic E-state index is 2.12. The summed E-state index contributed by atoms with van der Waals surface area (Å²) in [6, 6.07) is 0. The van der Waals surface area contributed by atoms with Gasteiger partial charge in [-0.25, -0.2) is 0 Å². The fraction of sp³-hybridized carbons (Fsp3) is 0.667. The number of likely N-dealkylation sites (N-methyl/N-ethyl adjacent to an activating group) is 1. The minimum atomic E-state index is 0. The van der Waals surface area contributed by atoms with Gasteiger partial charge in [-0.1, -0.05) is 12.2 Å². The van der Waals surface area contributed by atoms with E-state index < -0.39 is 0 Å². The van der Waals surface area contributed by atoms with E-state index in [0.29, 0.717) is 0 Å². The Bertz CT molecular complexity index is 59.5. The summed E-state index contributed by atoms with van der Waals surface area (Å²) in [6.07, 6.45) is 4.18. The molecule has 0 heterocycles. The van der Waals surface area contributed by atoms with Crippen LogP contribution in [0.1, 0.15) is 6.92 Å². The predicted octanol–water partition coefficient (Wildman–Crippen LogP) is 1.55. The van der Waals surface area contributed by atoms with E-state index in [0.717, 1.165) is 6.54 Å². The third kappa shape index (κ3) is 9.37. The predicted molar refractivity (Wildman–Crippen MR) is 40.6 cm³/mol. The average Bonchev–Trinajstić information content (AvgIpc) is 1.61. The van der Waals surface area contributed by atoms with Crippen LogP contribution in [0.5, 0.6) is 0 Å². The molecule has 0 aliphatic carbocycles. The number of hydrogen-bond donors (Lipinski definition) is 0. The lowest BCUT2D eigenvalue weighted by atomic mass is 10.5. The van der Waals surface area contributed by atoms with Crippen LogP contribution in [0.3, 0.4) is 0 Å². The Hall–Kier alpha value is -0.0100. The van der Waals surface area contributed by atoms with Crippen molar-refractivity contribution in [3.05, 3.63) is 12.2 Å². The second-order valence-corrected chi connectivity index (χ2v) is 1.83. The van der Waals surface area contributed by atoms with Crippen molar-refractivity contribution in [2.45, 2.75) is 6.92 Å². The molecule has 0 radical (unpaired) electrons. The van der Waals surface area contributed by atoms with Crippen LogP contribution < -0.4 is 0 Å². The first kappa shape index (κ1) is 10.9. The summed E-state index contributed by atoms with van der Waals surface area (Å²) >= 11 is 0. The van der Waals surface area contributed by atoms with Gasteiger partial charge in [0, 0.05) is 6.54 Å². The highest BCUT2D eigenvalue weighted by Gasteiger charge is 1.77. The molecule has 0 bridgehead atoms. The molecule has 1 nitrogen and oxygen atoms in total. The van der Waals surface area contributed by atoms with Gasteiger partial charge in [-0.3, -0.25) is 0 Å². The van der Waals surface area contributed by atoms with E-state index in [1.807, 2.05) is 6.92 Å². The van der Waals surface area contributed by atoms with Crippen LogP contribution in [0.4, 0.5) is 0 Å². The summed E-state index contributed by atoms with van der Waals surface area (Å²) in [7, 11) is 4.11. The Labute approximate surface area is 57.8 Å². The first-order valence-electron chi connectivity index (χ1n) is 2.53. The van der Waals surface area contributed by atoms with Crippen LogP contribution in [-0.2, 0) is 0 Å². The molecular weight excluding hydrogens is 122 g/mol. The fourth-order valence-corrected chi connectivity index (χ4v) is 0.316. The highest BCUT2D eigenvalue weighted by atomic mass is 35.5. The number of hydrogen-bond acceptors (Lipinski definition) is 1. The molecule has 0 fully saturated rings. The topological polar surface area (TPSA) is 3.24 Å². The zero-order valence-corrected chi connectivity index (χ0v) is 6.53. The molecule has 2 heteroatoms. The monoisotopic (exact) mass is 135 g/mol. The first-order chi connectivity index (χ1) is 3.27. The van der Waals surface area contributed by atoms with Gasteiger partial charge in [0.1, 0.15) is 0 Å². The summed E-state index contributed by atoms with van der Waals surface area (Å²) in [5.41, 5.74) is 0. The Morgan fingerprint density at radius 3 is 2.00 bits per heavy atom. The van der Waals surface area contributed by atoms with Crippen LogP contribution in [0.25, 0.3) is 0 Å². The van der Waals surface area contributed by atoms with Gasteiger partial charge in [-0.15, -0.1) is 12.4 Å². The molecule has 0 amide bonds. The van der Waals surface area contributed by atoms with Crippen molar-refractivity contribution in [2.24, 2.45) is 0 Å². The number of halogens is 1. The molecule has 0 atom stereocenters. The fourth-order valence-electron chi connectivity index (χ4n) is 0.316. The molecule has 0 unspecified atom stereocenters. The van der Waals surface area contributed by atoms with E-state index in [1.165, 1.54) is 0 Å². The second-order valence-electron chi connectivity index (χ2n) is 1.83. The van der Waals surface area contributed by atoms with Gasteiger partial charge in [-0.2, -0.15) is 0 Å². The average molecular weight is 136 g/mol. The van der Waals surface area contributed by atoms with Crippen molar-refractivity contribution < 1.29 is 0 Å². The molecule has 0 aliphatic heterocycles. The van der Waals surface area contributed by atoms with E-state index in [-0.39, 0.29) is 12.4 Å². The molecule has 8 heavy (non-hydrogen) atoms. The van der Waals surface area contributed by atoms with Crippen molar-refractivity contribution in [1.29, 1.82) is 0 Å². The SMILES string of the molecule is CC=CCN(C)C.Cl. The van der Waals surface area contributed by atoms with Gasteiger partial charge in [0.15, 0.2) is 0 Å². The first-order valence-corrected chi connectivity index (χ1v) is 2.53. The summed E-state index contributed by atoms with van der Waals surface area (Å²) in [6.45, 7) is 3.08. The standard InChI is InChI=1S/C6H13N.ClH/c1-4-5-6-7(2)3;/h4-5H,6H2,1-3H3;1H. The Kier molecular flexibility index (Phi) is 9.51. The third-order valence-electron chi connectivity index (χ3n) is 0.706. The lowest BCUT2D eigenvalue weighted by molar-refractivity contribution is 0.456. The maximum absolute atomic E-state index is 2.12. The number of rotatable bonds is 2. The molecule has 0 saturated heterocycles. The largest absolute Gasteiger partial charge is 0.306 e. The van der Waals surface area contributed by atoms with Crippen molar-refractivity contribution in [1.82, 2.24) is 4.90 Å². The summed E-state index contributed by atoms with van der Waals surface area (Å²) < 4.78 is 0. The lowest BCUT2D eigenvalue weighted by Gasteiger charge is -2.02. The van der Waals surface area contributed by atoms with E-state index in [1.54, 1.807) is 0 Å².